The standard InChI is InChI=1S/C59H98O6/c1-4-7-10-13-16-19-22-25-27-29-30-32-34-37-40-43-46-49-52-58(61)64-55-56(54-63-57(60)51-48-45-42-39-36-33-24-21-18-15-12-9-6-3)65-59(62)53-50-47-44-41-38-35-31-28-26-23-20-17-14-11-8-5-2/h8,11,16-17,19-20,22,25-30,32-33,36,56H,4-7,9-10,12-15,18,21,23-24,31,34-35,37-55H2,1-3H3/b11-8-,19-16-,20-17-,25-22-,28-26-,29-27-,32-30-,36-33-. The Hall–Kier alpha value is -3.67. The molecule has 0 radical (unpaired) electrons. The number of hydrogen-bond acceptors (Lipinski definition) is 6. The van der Waals surface area contributed by atoms with E-state index in [9.17, 15) is 14.4 Å². The second kappa shape index (κ2) is 52.9. The third-order valence-corrected chi connectivity index (χ3v) is 11.1. The molecule has 65 heavy (non-hydrogen) atoms. The number of esters is 3. The molecule has 370 valence electrons. The van der Waals surface area contributed by atoms with E-state index in [-0.39, 0.29) is 31.1 Å². The second-order valence-electron chi connectivity index (χ2n) is 17.5. The average Bonchev–Trinajstić information content (AvgIpc) is 3.30. The Morgan fingerprint density at radius 3 is 1.14 bits per heavy atom. The van der Waals surface area contributed by atoms with Gasteiger partial charge in [0.2, 0.25) is 0 Å². The Morgan fingerprint density at radius 1 is 0.338 bits per heavy atom. The zero-order valence-corrected chi connectivity index (χ0v) is 42.2. The molecule has 6 heteroatoms. The van der Waals surface area contributed by atoms with Crippen LogP contribution in [-0.2, 0) is 28.6 Å². The summed E-state index contributed by atoms with van der Waals surface area (Å²) in [5, 5.41) is 0. The van der Waals surface area contributed by atoms with Gasteiger partial charge in [0.05, 0.1) is 0 Å². The molecule has 1 unspecified atom stereocenters. The van der Waals surface area contributed by atoms with Gasteiger partial charge in [-0.15, -0.1) is 0 Å². The van der Waals surface area contributed by atoms with Crippen LogP contribution >= 0.6 is 0 Å². The van der Waals surface area contributed by atoms with Crippen molar-refractivity contribution in [3.63, 3.8) is 0 Å². The smallest absolute Gasteiger partial charge is 0.306 e. The molecule has 0 spiro atoms. The van der Waals surface area contributed by atoms with Gasteiger partial charge in [-0.1, -0.05) is 214 Å². The summed E-state index contributed by atoms with van der Waals surface area (Å²) in [6.45, 7) is 6.43. The van der Waals surface area contributed by atoms with Crippen molar-refractivity contribution >= 4 is 17.9 Å². The molecule has 6 nitrogen and oxygen atoms in total. The molecule has 0 saturated carbocycles. The van der Waals surface area contributed by atoms with Gasteiger partial charge < -0.3 is 14.2 Å². The van der Waals surface area contributed by atoms with Crippen LogP contribution in [0.25, 0.3) is 0 Å². The minimum Gasteiger partial charge on any atom is -0.462 e. The lowest BCUT2D eigenvalue weighted by molar-refractivity contribution is -0.167. The van der Waals surface area contributed by atoms with Crippen molar-refractivity contribution in [1.29, 1.82) is 0 Å². The first kappa shape index (κ1) is 61.3. The molecule has 0 aliphatic heterocycles. The van der Waals surface area contributed by atoms with Crippen LogP contribution in [0.5, 0.6) is 0 Å². The van der Waals surface area contributed by atoms with E-state index in [1.165, 1.54) is 70.6 Å². The molecular formula is C59H98O6. The number of allylic oxidation sites excluding steroid dienone is 16. The van der Waals surface area contributed by atoms with E-state index in [1.54, 1.807) is 0 Å². The van der Waals surface area contributed by atoms with Gasteiger partial charge in [-0.25, -0.2) is 0 Å². The minimum atomic E-state index is -0.801. The van der Waals surface area contributed by atoms with Gasteiger partial charge in [0.1, 0.15) is 13.2 Å². The third kappa shape index (κ3) is 51.2. The van der Waals surface area contributed by atoms with Crippen molar-refractivity contribution in [1.82, 2.24) is 0 Å². The van der Waals surface area contributed by atoms with Gasteiger partial charge in [-0.2, -0.15) is 0 Å². The van der Waals surface area contributed by atoms with Gasteiger partial charge >= 0.3 is 17.9 Å². The molecule has 0 aromatic rings. The van der Waals surface area contributed by atoms with Crippen LogP contribution in [0, 0.1) is 0 Å². The molecular weight excluding hydrogens is 805 g/mol. The largest absolute Gasteiger partial charge is 0.462 e. The number of carbonyl (C=O) groups excluding carboxylic acids is 3. The lowest BCUT2D eigenvalue weighted by Gasteiger charge is -2.18. The summed E-state index contributed by atoms with van der Waals surface area (Å²) in [4.78, 5) is 38.0. The molecule has 0 saturated heterocycles. The van der Waals surface area contributed by atoms with Gasteiger partial charge in [0.15, 0.2) is 6.10 Å². The third-order valence-electron chi connectivity index (χ3n) is 11.1. The maximum atomic E-state index is 12.8. The molecule has 0 amide bonds. The Balaban J connectivity index is 4.48. The van der Waals surface area contributed by atoms with E-state index >= 15 is 0 Å². The number of rotatable bonds is 47. The maximum Gasteiger partial charge on any atom is 0.306 e. The zero-order chi connectivity index (χ0) is 47.2. The van der Waals surface area contributed by atoms with E-state index in [4.69, 9.17) is 14.2 Å². The molecule has 0 N–H and O–H groups in total. The van der Waals surface area contributed by atoms with Crippen LogP contribution in [0.3, 0.4) is 0 Å². The normalized spacial score (nSPS) is 12.8. The van der Waals surface area contributed by atoms with Crippen molar-refractivity contribution in [3.05, 3.63) is 97.2 Å². The minimum absolute atomic E-state index is 0.0997. The first-order valence-corrected chi connectivity index (χ1v) is 26.8. The fraction of sp³-hybridized carbons (Fsp3) is 0.678. The summed E-state index contributed by atoms with van der Waals surface area (Å²) in [7, 11) is 0. The van der Waals surface area contributed by atoms with Gasteiger partial charge in [0.25, 0.3) is 0 Å². The number of unbranched alkanes of at least 4 members (excludes halogenated alkanes) is 23. The fourth-order valence-electron chi connectivity index (χ4n) is 7.11. The van der Waals surface area contributed by atoms with Crippen molar-refractivity contribution in [3.8, 4) is 0 Å². The summed E-state index contributed by atoms with van der Waals surface area (Å²) >= 11 is 0. The van der Waals surface area contributed by atoms with E-state index in [1.807, 2.05) is 0 Å². The number of hydrogen-bond donors (Lipinski definition) is 0. The first-order chi connectivity index (χ1) is 32.0. The quantitative estimate of drug-likeness (QED) is 0.0199. The highest BCUT2D eigenvalue weighted by Crippen LogP contribution is 2.13. The molecule has 1 atom stereocenters. The van der Waals surface area contributed by atoms with Crippen molar-refractivity contribution < 1.29 is 28.6 Å². The molecule has 0 bridgehead atoms. The zero-order valence-electron chi connectivity index (χ0n) is 42.2. The molecule has 0 aromatic heterocycles. The van der Waals surface area contributed by atoms with Crippen LogP contribution in [-0.4, -0.2) is 37.2 Å². The maximum absolute atomic E-state index is 12.8. The lowest BCUT2D eigenvalue weighted by Crippen LogP contribution is -2.30. The van der Waals surface area contributed by atoms with Crippen molar-refractivity contribution in [2.24, 2.45) is 0 Å². The highest BCUT2D eigenvalue weighted by molar-refractivity contribution is 5.71. The summed E-state index contributed by atoms with van der Waals surface area (Å²) in [6, 6.07) is 0. The fourth-order valence-corrected chi connectivity index (χ4v) is 7.11. The highest BCUT2D eigenvalue weighted by atomic mass is 16.6. The van der Waals surface area contributed by atoms with E-state index < -0.39 is 6.10 Å². The SMILES string of the molecule is CC/C=C\C/C=C\C/C=C\CCCCCCCCC(=O)OC(COC(=O)CCCCC/C=C\CCCCCCCC)COC(=O)CCCCCCC\C=C/C=C\C=C/C=C\CCCCC. The van der Waals surface area contributed by atoms with E-state index in [2.05, 4.69) is 118 Å². The summed E-state index contributed by atoms with van der Waals surface area (Å²) < 4.78 is 16.8. The molecule has 0 fully saturated rings. The summed E-state index contributed by atoms with van der Waals surface area (Å²) in [5.74, 6) is -0.952. The highest BCUT2D eigenvalue weighted by Gasteiger charge is 2.19. The Labute approximate surface area is 400 Å². The monoisotopic (exact) mass is 903 g/mol. The topological polar surface area (TPSA) is 78.9 Å². The predicted molar refractivity (Wildman–Crippen MR) is 279 cm³/mol. The van der Waals surface area contributed by atoms with E-state index in [0.717, 1.165) is 128 Å². The van der Waals surface area contributed by atoms with Gasteiger partial charge in [-0.3, -0.25) is 14.4 Å². The number of carbonyl (C=O) groups is 3. The van der Waals surface area contributed by atoms with Crippen LogP contribution in [0.1, 0.15) is 239 Å². The Kier molecular flexibility index (Phi) is 50.0. The van der Waals surface area contributed by atoms with Crippen LogP contribution in [0.4, 0.5) is 0 Å². The lowest BCUT2D eigenvalue weighted by atomic mass is 10.1. The predicted octanol–water partition coefficient (Wildman–Crippen LogP) is 17.8. The second-order valence-corrected chi connectivity index (χ2v) is 17.5. The first-order valence-electron chi connectivity index (χ1n) is 26.8. The summed E-state index contributed by atoms with van der Waals surface area (Å²) in [5.41, 5.74) is 0. The Morgan fingerprint density at radius 2 is 0.662 bits per heavy atom. The molecule has 0 heterocycles. The molecule has 0 aliphatic rings. The Bertz CT molecular complexity index is 1310. The summed E-state index contributed by atoms with van der Waals surface area (Å²) in [6.07, 6.45) is 69.5. The van der Waals surface area contributed by atoms with E-state index in [0.29, 0.717) is 19.3 Å². The van der Waals surface area contributed by atoms with Gasteiger partial charge in [-0.05, 0) is 103 Å². The average molecular weight is 903 g/mol. The molecule has 0 aromatic carbocycles. The van der Waals surface area contributed by atoms with Crippen LogP contribution < -0.4 is 0 Å². The van der Waals surface area contributed by atoms with Gasteiger partial charge in [0, 0.05) is 19.3 Å². The van der Waals surface area contributed by atoms with Crippen LogP contribution in [0.2, 0.25) is 0 Å². The van der Waals surface area contributed by atoms with Crippen molar-refractivity contribution in [2.75, 3.05) is 13.2 Å². The molecule has 0 aliphatic carbocycles. The number of ether oxygens (including phenoxy) is 3. The van der Waals surface area contributed by atoms with Crippen LogP contribution in [0.15, 0.2) is 97.2 Å². The molecule has 0 rings (SSSR count). The van der Waals surface area contributed by atoms with Crippen molar-refractivity contribution in [2.45, 2.75) is 245 Å².